The number of nitrogens with zero attached hydrogens (tertiary/aromatic N) is 3. The van der Waals surface area contributed by atoms with Crippen molar-refractivity contribution in [3.63, 3.8) is 0 Å². The Morgan fingerprint density at radius 1 is 0.455 bits per heavy atom. The summed E-state index contributed by atoms with van der Waals surface area (Å²) in [5.74, 6) is 0.710. The Kier molecular flexibility index (Phi) is 4.42. The van der Waals surface area contributed by atoms with Crippen LogP contribution in [0, 0.1) is 0 Å². The third kappa shape index (κ3) is 4.17. The zero-order valence-electron chi connectivity index (χ0n) is 29.0. The largest absolute Gasteiger partial charge is 0.456 e. The highest BCUT2D eigenvalue weighted by Gasteiger charge is 2.16. The maximum absolute atomic E-state index is 9.40. The van der Waals surface area contributed by atoms with Gasteiger partial charge in [0.1, 0.15) is 11.2 Å². The molecule has 0 N–H and O–H groups in total. The van der Waals surface area contributed by atoms with Crippen LogP contribution in [-0.2, 0) is 0 Å². The van der Waals surface area contributed by atoms with Crippen molar-refractivity contribution in [2.24, 2.45) is 0 Å². The molecule has 0 fully saturated rings. The molecule has 0 saturated heterocycles. The van der Waals surface area contributed by atoms with E-state index in [4.69, 9.17) is 23.5 Å². The van der Waals surface area contributed by atoms with Crippen molar-refractivity contribution in [1.82, 2.24) is 15.0 Å². The predicted molar refractivity (Wildman–Crippen MR) is 182 cm³/mol. The quantitative estimate of drug-likeness (QED) is 0.205. The summed E-state index contributed by atoms with van der Waals surface area (Å²) in [5.41, 5.74) is 3.73. The summed E-state index contributed by atoms with van der Waals surface area (Å²) in [7, 11) is 0. The predicted octanol–water partition coefficient (Wildman–Crippen LogP) is 10.8. The van der Waals surface area contributed by atoms with Gasteiger partial charge >= 0.3 is 0 Å². The van der Waals surface area contributed by atoms with Crippen LogP contribution in [0.25, 0.3) is 87.4 Å². The second-order valence-electron chi connectivity index (χ2n) is 10.4. The lowest BCUT2D eigenvalue weighted by Gasteiger charge is -2.08. The van der Waals surface area contributed by atoms with Gasteiger partial charge in [0.05, 0.1) is 8.22 Å². The Hall–Kier alpha value is -5.65. The summed E-state index contributed by atoms with van der Waals surface area (Å²) in [5, 5.41) is 2.48. The van der Waals surface area contributed by atoms with E-state index in [1.807, 2.05) is 78.9 Å². The number of fused-ring (bicyclic) bond motifs is 6. The number of para-hydroxylation sites is 1. The number of furan rings is 1. The molecule has 4 nitrogen and oxygen atoms in total. The van der Waals surface area contributed by atoms with Crippen LogP contribution in [0.5, 0.6) is 0 Å². The molecule has 0 amide bonds. The van der Waals surface area contributed by atoms with E-state index in [-0.39, 0.29) is 58.6 Å². The highest BCUT2D eigenvalue weighted by Crippen LogP contribution is 2.39. The van der Waals surface area contributed by atoms with Crippen molar-refractivity contribution in [3.8, 4) is 45.3 Å². The number of rotatable bonds is 4. The highest BCUT2D eigenvalue weighted by molar-refractivity contribution is 7.25. The van der Waals surface area contributed by atoms with Crippen molar-refractivity contribution >= 4 is 53.4 Å². The van der Waals surface area contributed by atoms with Crippen LogP contribution in [0.3, 0.4) is 0 Å². The van der Waals surface area contributed by atoms with Crippen molar-refractivity contribution < 1.29 is 12.6 Å². The van der Waals surface area contributed by atoms with Gasteiger partial charge in [-0.05, 0) is 47.5 Å². The molecule has 3 heterocycles. The van der Waals surface area contributed by atoms with E-state index in [2.05, 4.69) is 0 Å². The Bertz CT molecular complexity index is 2840. The molecule has 44 heavy (non-hydrogen) atoms. The number of benzene rings is 6. The maximum atomic E-state index is 9.40. The first-order chi connectivity index (χ1) is 24.3. The van der Waals surface area contributed by atoms with Crippen molar-refractivity contribution in [1.29, 1.82) is 0 Å². The summed E-state index contributed by atoms with van der Waals surface area (Å²) in [6.07, 6.45) is 0. The molecule has 206 valence electrons. The first kappa shape index (κ1) is 19.5. The molecule has 0 spiro atoms. The van der Waals surface area contributed by atoms with Crippen LogP contribution in [0.1, 0.15) is 8.22 Å². The van der Waals surface area contributed by atoms with E-state index < -0.39 is 0 Å². The molecule has 0 atom stereocenters. The lowest BCUT2D eigenvalue weighted by molar-refractivity contribution is 0.669. The van der Waals surface area contributed by atoms with E-state index in [0.717, 1.165) is 27.7 Å². The molecular formula is C39H23N3OS. The second kappa shape index (κ2) is 9.97. The molecule has 3 aromatic heterocycles. The number of thiophene rings is 1. The van der Waals surface area contributed by atoms with Gasteiger partial charge in [-0.1, -0.05) is 103 Å². The Morgan fingerprint density at radius 2 is 1.11 bits per heavy atom. The average molecular weight is 588 g/mol. The minimum atomic E-state index is -0.270. The zero-order chi connectivity index (χ0) is 34.3. The second-order valence-corrected chi connectivity index (χ2v) is 11.4. The summed E-state index contributed by atoms with van der Waals surface area (Å²) >= 11 is 1.08. The number of aromatic nitrogens is 3. The Morgan fingerprint density at radius 3 is 1.93 bits per heavy atom. The molecule has 6 aromatic carbocycles. The van der Waals surface area contributed by atoms with Gasteiger partial charge in [0.15, 0.2) is 17.5 Å². The average Bonchev–Trinajstić information content (AvgIpc) is 3.74. The van der Waals surface area contributed by atoms with Crippen molar-refractivity contribution in [2.45, 2.75) is 0 Å². The summed E-state index contributed by atoms with van der Waals surface area (Å²) in [6.45, 7) is 0. The molecule has 5 heteroatoms. The fourth-order valence-electron chi connectivity index (χ4n) is 5.45. The molecule has 0 radical (unpaired) electrons. The number of hydrogen-bond acceptors (Lipinski definition) is 5. The van der Waals surface area contributed by atoms with Gasteiger partial charge in [0.2, 0.25) is 0 Å². The standard InChI is InChI=1S/C39H23N3OS/c1-3-9-24(10-4-1)26-17-20-35-32(21-26)31-19-16-28(23-36(31)44-35)39-41-37(25-11-5-2-6-12-25)40-38(42-39)27-15-18-30-29-13-7-8-14-33(29)43-34(30)22-27/h1-23H/i16D,17D,19D,20D,21D,23D. The third-order valence-corrected chi connectivity index (χ3v) is 8.62. The molecule has 0 aliphatic rings. The van der Waals surface area contributed by atoms with Crippen LogP contribution in [0.4, 0.5) is 0 Å². The van der Waals surface area contributed by atoms with E-state index in [0.29, 0.717) is 48.7 Å². The fourth-order valence-corrected chi connectivity index (χ4v) is 6.42. The topological polar surface area (TPSA) is 51.8 Å². The molecule has 9 aromatic rings. The summed E-state index contributed by atoms with van der Waals surface area (Å²) in [6, 6.07) is 31.2. The van der Waals surface area contributed by atoms with Crippen molar-refractivity contribution in [3.05, 3.63) is 139 Å². The van der Waals surface area contributed by atoms with Crippen molar-refractivity contribution in [2.75, 3.05) is 0 Å². The van der Waals surface area contributed by atoms with Crippen LogP contribution in [0.2, 0.25) is 0 Å². The lowest BCUT2D eigenvalue weighted by atomic mass is 10.0. The Labute approximate surface area is 265 Å². The van der Waals surface area contributed by atoms with Gasteiger partial charge in [0.25, 0.3) is 0 Å². The minimum Gasteiger partial charge on any atom is -0.456 e. The zero-order valence-corrected chi connectivity index (χ0v) is 23.8. The molecule has 0 aliphatic carbocycles. The first-order valence-corrected chi connectivity index (χ1v) is 14.9. The fraction of sp³-hybridized carbons (Fsp3) is 0. The van der Waals surface area contributed by atoms with E-state index >= 15 is 0 Å². The van der Waals surface area contributed by atoms with Gasteiger partial charge < -0.3 is 4.42 Å². The van der Waals surface area contributed by atoms with Gasteiger partial charge in [-0.25, -0.2) is 15.0 Å². The van der Waals surface area contributed by atoms with Gasteiger partial charge in [-0.2, -0.15) is 0 Å². The molecular weight excluding hydrogens is 559 g/mol. The number of hydrogen-bond donors (Lipinski definition) is 0. The van der Waals surface area contributed by atoms with Gasteiger partial charge in [-0.3, -0.25) is 0 Å². The highest BCUT2D eigenvalue weighted by atomic mass is 32.1. The van der Waals surface area contributed by atoms with Gasteiger partial charge in [0, 0.05) is 47.6 Å². The molecule has 0 saturated carbocycles. The first-order valence-electron chi connectivity index (χ1n) is 17.0. The van der Waals surface area contributed by atoms with E-state index in [1.165, 1.54) is 0 Å². The van der Waals surface area contributed by atoms with Crippen LogP contribution < -0.4 is 0 Å². The molecule has 0 aliphatic heterocycles. The normalized spacial score (nSPS) is 13.5. The lowest BCUT2D eigenvalue weighted by Crippen LogP contribution is -2.00. The molecule has 0 bridgehead atoms. The van der Waals surface area contributed by atoms with Crippen LogP contribution >= 0.6 is 11.3 Å². The summed E-state index contributed by atoms with van der Waals surface area (Å²) < 4.78 is 61.5. The van der Waals surface area contributed by atoms with Crippen LogP contribution in [-0.4, -0.2) is 15.0 Å². The third-order valence-electron chi connectivity index (χ3n) is 7.60. The maximum Gasteiger partial charge on any atom is 0.164 e. The van der Waals surface area contributed by atoms with Crippen LogP contribution in [0.15, 0.2) is 144 Å². The SMILES string of the molecule is [2H]c1c(-c2ccccc2)c([2H])c2c(sc3c([2H])c(-c4nc(-c5ccccc5)nc(-c5ccc6c(c5)oc5ccccc56)n4)c([2H])c([2H])c32)c1[2H]. The van der Waals surface area contributed by atoms with E-state index in [1.54, 1.807) is 24.3 Å². The smallest absolute Gasteiger partial charge is 0.164 e. The van der Waals surface area contributed by atoms with Gasteiger partial charge in [-0.15, -0.1) is 11.3 Å². The molecule has 9 rings (SSSR count). The molecule has 0 unspecified atom stereocenters. The van der Waals surface area contributed by atoms with E-state index in [9.17, 15) is 4.11 Å². The Balaban J connectivity index is 1.30. The minimum absolute atomic E-state index is 0.00621. The summed E-state index contributed by atoms with van der Waals surface area (Å²) in [4.78, 5) is 14.4. The monoisotopic (exact) mass is 587 g/mol.